The lowest BCUT2D eigenvalue weighted by molar-refractivity contribution is -0.121. The molecular formula is C17H24N2O3. The Morgan fingerprint density at radius 3 is 2.50 bits per heavy atom. The molecule has 2 saturated heterocycles. The SMILES string of the molecule is COc1ccc(CC(=O)NC2CC3CCC(C2)N3)cc1OC. The number of methoxy groups -OCH3 is 2. The molecule has 2 heterocycles. The van der Waals surface area contributed by atoms with Gasteiger partial charge in [-0.3, -0.25) is 4.79 Å². The van der Waals surface area contributed by atoms with Crippen molar-refractivity contribution in [2.24, 2.45) is 0 Å². The Morgan fingerprint density at radius 1 is 1.18 bits per heavy atom. The Balaban J connectivity index is 1.57. The standard InChI is InChI=1S/C17H24N2O3/c1-21-15-6-3-11(7-16(15)22-2)8-17(20)19-14-9-12-4-5-13(10-14)18-12/h3,6-7,12-14,18H,4-5,8-10H2,1-2H3,(H,19,20). The summed E-state index contributed by atoms with van der Waals surface area (Å²) in [6.45, 7) is 0. The Morgan fingerprint density at radius 2 is 1.86 bits per heavy atom. The van der Waals surface area contributed by atoms with Gasteiger partial charge < -0.3 is 20.1 Å². The van der Waals surface area contributed by atoms with Crippen molar-refractivity contribution in [1.82, 2.24) is 10.6 Å². The molecule has 2 unspecified atom stereocenters. The average molecular weight is 304 g/mol. The molecule has 120 valence electrons. The van der Waals surface area contributed by atoms with Crippen molar-refractivity contribution in [3.8, 4) is 11.5 Å². The fourth-order valence-corrected chi connectivity index (χ4v) is 3.63. The highest BCUT2D eigenvalue weighted by molar-refractivity contribution is 5.79. The first-order chi connectivity index (χ1) is 10.7. The van der Waals surface area contributed by atoms with E-state index in [0.29, 0.717) is 36.0 Å². The van der Waals surface area contributed by atoms with Crippen LogP contribution in [0.25, 0.3) is 0 Å². The highest BCUT2D eigenvalue weighted by atomic mass is 16.5. The van der Waals surface area contributed by atoms with Crippen LogP contribution in [0.5, 0.6) is 11.5 Å². The summed E-state index contributed by atoms with van der Waals surface area (Å²) in [5, 5.41) is 6.77. The minimum Gasteiger partial charge on any atom is -0.493 e. The molecule has 2 atom stereocenters. The molecule has 22 heavy (non-hydrogen) atoms. The lowest BCUT2D eigenvalue weighted by Gasteiger charge is -2.29. The Hall–Kier alpha value is -1.75. The van der Waals surface area contributed by atoms with E-state index in [1.54, 1.807) is 14.2 Å². The number of fused-ring (bicyclic) bond motifs is 2. The van der Waals surface area contributed by atoms with Crippen LogP contribution in [0.2, 0.25) is 0 Å². The Labute approximate surface area is 131 Å². The molecular weight excluding hydrogens is 280 g/mol. The maximum Gasteiger partial charge on any atom is 0.224 e. The number of benzene rings is 1. The van der Waals surface area contributed by atoms with Crippen LogP contribution < -0.4 is 20.1 Å². The van der Waals surface area contributed by atoms with Gasteiger partial charge >= 0.3 is 0 Å². The smallest absolute Gasteiger partial charge is 0.224 e. The molecule has 0 aromatic heterocycles. The largest absolute Gasteiger partial charge is 0.493 e. The van der Waals surface area contributed by atoms with E-state index >= 15 is 0 Å². The third-order valence-electron chi connectivity index (χ3n) is 4.65. The first-order valence-corrected chi connectivity index (χ1v) is 7.94. The van der Waals surface area contributed by atoms with E-state index in [1.807, 2.05) is 18.2 Å². The summed E-state index contributed by atoms with van der Waals surface area (Å²) >= 11 is 0. The van der Waals surface area contributed by atoms with E-state index in [0.717, 1.165) is 18.4 Å². The van der Waals surface area contributed by atoms with Gasteiger partial charge in [-0.1, -0.05) is 6.07 Å². The molecule has 2 aliphatic heterocycles. The van der Waals surface area contributed by atoms with Gasteiger partial charge in [0, 0.05) is 18.1 Å². The van der Waals surface area contributed by atoms with Crippen molar-refractivity contribution >= 4 is 5.91 Å². The fourth-order valence-electron chi connectivity index (χ4n) is 3.63. The molecule has 5 heteroatoms. The van der Waals surface area contributed by atoms with Crippen LogP contribution >= 0.6 is 0 Å². The number of ether oxygens (including phenoxy) is 2. The number of piperidine rings is 1. The zero-order chi connectivity index (χ0) is 15.5. The minimum absolute atomic E-state index is 0.0820. The maximum atomic E-state index is 12.3. The van der Waals surface area contributed by atoms with Crippen LogP contribution in [0.3, 0.4) is 0 Å². The van der Waals surface area contributed by atoms with Gasteiger partial charge in [0.2, 0.25) is 5.91 Å². The van der Waals surface area contributed by atoms with Crippen molar-refractivity contribution in [2.45, 2.75) is 50.2 Å². The van der Waals surface area contributed by atoms with Crippen LogP contribution in [0, 0.1) is 0 Å². The molecule has 0 aliphatic carbocycles. The highest BCUT2D eigenvalue weighted by Crippen LogP contribution is 2.28. The minimum atomic E-state index is 0.0820. The molecule has 0 radical (unpaired) electrons. The predicted molar refractivity (Wildman–Crippen MR) is 84.4 cm³/mol. The van der Waals surface area contributed by atoms with Gasteiger partial charge in [-0.15, -0.1) is 0 Å². The lowest BCUT2D eigenvalue weighted by Crippen LogP contribution is -2.48. The molecule has 0 spiro atoms. The van der Waals surface area contributed by atoms with E-state index < -0.39 is 0 Å². The average Bonchev–Trinajstić information content (AvgIpc) is 2.85. The summed E-state index contributed by atoms with van der Waals surface area (Å²) in [6.07, 6.45) is 4.96. The van der Waals surface area contributed by atoms with E-state index in [2.05, 4.69) is 10.6 Å². The molecule has 1 aromatic rings. The predicted octanol–water partition coefficient (Wildman–Crippen LogP) is 1.65. The summed E-state index contributed by atoms with van der Waals surface area (Å²) in [6, 6.07) is 7.10. The van der Waals surface area contributed by atoms with Crippen LogP contribution in [-0.2, 0) is 11.2 Å². The van der Waals surface area contributed by atoms with Gasteiger partial charge in [-0.2, -0.15) is 0 Å². The molecule has 0 saturated carbocycles. The van der Waals surface area contributed by atoms with Crippen LogP contribution in [0.15, 0.2) is 18.2 Å². The summed E-state index contributed by atoms with van der Waals surface area (Å²) in [5.74, 6) is 1.42. The second kappa shape index (κ2) is 6.57. The van der Waals surface area contributed by atoms with Gasteiger partial charge in [0.1, 0.15) is 0 Å². The van der Waals surface area contributed by atoms with Gasteiger partial charge in [0.15, 0.2) is 11.5 Å². The second-order valence-electron chi connectivity index (χ2n) is 6.24. The topological polar surface area (TPSA) is 59.6 Å². The van der Waals surface area contributed by atoms with Crippen LogP contribution in [0.4, 0.5) is 0 Å². The van der Waals surface area contributed by atoms with Crippen LogP contribution in [-0.4, -0.2) is 38.3 Å². The van der Waals surface area contributed by atoms with Crippen LogP contribution in [0.1, 0.15) is 31.2 Å². The van der Waals surface area contributed by atoms with Gasteiger partial charge in [-0.05, 0) is 43.4 Å². The second-order valence-corrected chi connectivity index (χ2v) is 6.24. The molecule has 5 nitrogen and oxygen atoms in total. The molecule has 1 amide bonds. The zero-order valence-electron chi connectivity index (χ0n) is 13.2. The summed E-state index contributed by atoms with van der Waals surface area (Å²) < 4.78 is 10.5. The quantitative estimate of drug-likeness (QED) is 0.868. The number of rotatable bonds is 5. The number of amides is 1. The lowest BCUT2D eigenvalue weighted by atomic mass is 9.99. The van der Waals surface area contributed by atoms with Crippen molar-refractivity contribution in [3.05, 3.63) is 23.8 Å². The molecule has 2 bridgehead atoms. The number of carbonyl (C=O) groups excluding carboxylic acids is 1. The van der Waals surface area contributed by atoms with Gasteiger partial charge in [0.25, 0.3) is 0 Å². The van der Waals surface area contributed by atoms with Gasteiger partial charge in [-0.25, -0.2) is 0 Å². The molecule has 2 N–H and O–H groups in total. The number of hydrogen-bond donors (Lipinski definition) is 2. The van der Waals surface area contributed by atoms with Crippen molar-refractivity contribution in [2.75, 3.05) is 14.2 Å². The fraction of sp³-hybridized carbons (Fsp3) is 0.588. The summed E-state index contributed by atoms with van der Waals surface area (Å²) in [7, 11) is 3.21. The molecule has 2 fully saturated rings. The molecule has 1 aromatic carbocycles. The first kappa shape index (κ1) is 15.2. The number of carbonyl (C=O) groups is 1. The van der Waals surface area contributed by atoms with Crippen molar-refractivity contribution in [3.63, 3.8) is 0 Å². The van der Waals surface area contributed by atoms with Gasteiger partial charge in [0.05, 0.1) is 20.6 Å². The normalized spacial score (nSPS) is 26.5. The molecule has 2 aliphatic rings. The van der Waals surface area contributed by atoms with Crippen molar-refractivity contribution < 1.29 is 14.3 Å². The van der Waals surface area contributed by atoms with E-state index in [4.69, 9.17) is 9.47 Å². The summed E-state index contributed by atoms with van der Waals surface area (Å²) in [4.78, 5) is 12.3. The Kier molecular flexibility index (Phi) is 4.52. The van der Waals surface area contributed by atoms with E-state index in [1.165, 1.54) is 12.8 Å². The number of hydrogen-bond acceptors (Lipinski definition) is 4. The molecule has 3 rings (SSSR count). The van der Waals surface area contributed by atoms with Crippen molar-refractivity contribution in [1.29, 1.82) is 0 Å². The Bertz CT molecular complexity index is 535. The maximum absolute atomic E-state index is 12.3. The third kappa shape index (κ3) is 3.35. The van der Waals surface area contributed by atoms with E-state index in [9.17, 15) is 4.79 Å². The van der Waals surface area contributed by atoms with E-state index in [-0.39, 0.29) is 5.91 Å². The zero-order valence-corrected chi connectivity index (χ0v) is 13.2. The highest BCUT2D eigenvalue weighted by Gasteiger charge is 2.33. The third-order valence-corrected chi connectivity index (χ3v) is 4.65. The number of nitrogens with one attached hydrogen (secondary N) is 2. The first-order valence-electron chi connectivity index (χ1n) is 7.94. The summed E-state index contributed by atoms with van der Waals surface area (Å²) in [5.41, 5.74) is 0.937. The monoisotopic (exact) mass is 304 g/mol.